The van der Waals surface area contributed by atoms with Crippen molar-refractivity contribution in [1.82, 2.24) is 5.32 Å². The molecule has 0 aromatic heterocycles. The van der Waals surface area contributed by atoms with E-state index in [1.54, 1.807) is 18.2 Å². The summed E-state index contributed by atoms with van der Waals surface area (Å²) in [6, 6.07) is 10.8. The van der Waals surface area contributed by atoms with Crippen LogP contribution in [0.3, 0.4) is 0 Å². The molecule has 10 heteroatoms. The van der Waals surface area contributed by atoms with Gasteiger partial charge in [-0.25, -0.2) is 8.42 Å². The van der Waals surface area contributed by atoms with E-state index in [0.717, 1.165) is 6.26 Å². The van der Waals surface area contributed by atoms with Crippen LogP contribution < -0.4 is 19.5 Å². The van der Waals surface area contributed by atoms with E-state index in [0.29, 0.717) is 12.0 Å². The van der Waals surface area contributed by atoms with E-state index in [-0.39, 0.29) is 29.3 Å². The number of para-hydroxylation sites is 1. The van der Waals surface area contributed by atoms with Crippen molar-refractivity contribution in [2.24, 2.45) is 0 Å². The number of rotatable bonds is 9. The Morgan fingerprint density at radius 2 is 1.86 bits per heavy atom. The molecule has 0 fully saturated rings. The molecule has 28 heavy (non-hydrogen) atoms. The SMILES string of the molecule is COc1ccc(CCNC(=O)c2ccccc2NS(C)(=O)=O)cc1OC(F)F. The zero-order valence-corrected chi connectivity index (χ0v) is 16.1. The summed E-state index contributed by atoms with van der Waals surface area (Å²) in [4.78, 5) is 12.4. The number of benzene rings is 2. The van der Waals surface area contributed by atoms with Gasteiger partial charge in [-0.05, 0) is 36.2 Å². The molecule has 0 saturated heterocycles. The fraction of sp³-hybridized carbons (Fsp3) is 0.278. The highest BCUT2D eigenvalue weighted by Crippen LogP contribution is 2.29. The molecule has 0 heterocycles. The maximum absolute atomic E-state index is 12.5. The summed E-state index contributed by atoms with van der Waals surface area (Å²) in [5.41, 5.74) is 0.989. The Kier molecular flexibility index (Phi) is 7.16. The van der Waals surface area contributed by atoms with Gasteiger partial charge in [-0.1, -0.05) is 18.2 Å². The molecule has 152 valence electrons. The minimum absolute atomic E-state index is 0.0935. The van der Waals surface area contributed by atoms with Gasteiger partial charge in [0.15, 0.2) is 11.5 Å². The molecule has 0 radical (unpaired) electrons. The number of hydrogen-bond donors (Lipinski definition) is 2. The quantitative estimate of drug-likeness (QED) is 0.658. The van der Waals surface area contributed by atoms with Crippen LogP contribution in [0.5, 0.6) is 11.5 Å². The molecule has 0 unspecified atom stereocenters. The average Bonchev–Trinajstić information content (AvgIpc) is 2.60. The number of carbonyl (C=O) groups is 1. The first kappa shape index (κ1) is 21.4. The van der Waals surface area contributed by atoms with Crippen LogP contribution in [0, 0.1) is 0 Å². The van der Waals surface area contributed by atoms with E-state index in [1.165, 1.54) is 31.4 Å². The van der Waals surface area contributed by atoms with Crippen molar-refractivity contribution >= 4 is 21.6 Å². The number of nitrogens with one attached hydrogen (secondary N) is 2. The lowest BCUT2D eigenvalue weighted by Gasteiger charge is -2.13. The summed E-state index contributed by atoms with van der Waals surface area (Å²) >= 11 is 0. The van der Waals surface area contributed by atoms with Crippen LogP contribution in [-0.4, -0.2) is 40.8 Å². The van der Waals surface area contributed by atoms with Crippen molar-refractivity contribution in [2.75, 3.05) is 24.6 Å². The molecule has 0 atom stereocenters. The van der Waals surface area contributed by atoms with Crippen LogP contribution in [0.15, 0.2) is 42.5 Å². The summed E-state index contributed by atoms with van der Waals surface area (Å²) < 4.78 is 59.5. The number of methoxy groups -OCH3 is 1. The minimum Gasteiger partial charge on any atom is -0.493 e. The molecule has 0 aliphatic rings. The minimum atomic E-state index is -3.54. The molecular formula is C18H20F2N2O5S. The highest BCUT2D eigenvalue weighted by atomic mass is 32.2. The zero-order chi connectivity index (χ0) is 20.7. The van der Waals surface area contributed by atoms with Gasteiger partial charge in [-0.3, -0.25) is 9.52 Å². The summed E-state index contributed by atoms with van der Waals surface area (Å²) in [6.45, 7) is -2.78. The van der Waals surface area contributed by atoms with Gasteiger partial charge in [-0.2, -0.15) is 8.78 Å². The van der Waals surface area contributed by atoms with Crippen LogP contribution in [-0.2, 0) is 16.4 Å². The first-order valence-corrected chi connectivity index (χ1v) is 10.1. The fourth-order valence-electron chi connectivity index (χ4n) is 2.45. The lowest BCUT2D eigenvalue weighted by molar-refractivity contribution is -0.0512. The molecule has 0 saturated carbocycles. The molecule has 0 bridgehead atoms. The summed E-state index contributed by atoms with van der Waals surface area (Å²) in [5, 5.41) is 2.67. The van der Waals surface area contributed by atoms with Gasteiger partial charge in [0.05, 0.1) is 24.6 Å². The van der Waals surface area contributed by atoms with Gasteiger partial charge in [0.1, 0.15) is 0 Å². The van der Waals surface area contributed by atoms with E-state index < -0.39 is 22.5 Å². The maximum atomic E-state index is 12.5. The largest absolute Gasteiger partial charge is 0.493 e. The second-order valence-electron chi connectivity index (χ2n) is 5.79. The molecule has 1 amide bonds. The Balaban J connectivity index is 2.03. The number of hydrogen-bond acceptors (Lipinski definition) is 5. The molecule has 2 aromatic carbocycles. The van der Waals surface area contributed by atoms with Crippen molar-refractivity contribution < 1.29 is 31.5 Å². The van der Waals surface area contributed by atoms with E-state index >= 15 is 0 Å². The molecule has 2 N–H and O–H groups in total. The Morgan fingerprint density at radius 1 is 1.14 bits per heavy atom. The van der Waals surface area contributed by atoms with Crippen molar-refractivity contribution in [3.63, 3.8) is 0 Å². The van der Waals surface area contributed by atoms with Gasteiger partial charge in [0.25, 0.3) is 5.91 Å². The van der Waals surface area contributed by atoms with Crippen molar-refractivity contribution in [2.45, 2.75) is 13.0 Å². The second kappa shape index (κ2) is 9.36. The number of halogens is 2. The van der Waals surface area contributed by atoms with Crippen LogP contribution in [0.2, 0.25) is 0 Å². The summed E-state index contributed by atoms with van der Waals surface area (Å²) in [5.74, 6) is -0.387. The smallest absolute Gasteiger partial charge is 0.387 e. The lowest BCUT2D eigenvalue weighted by Crippen LogP contribution is -2.27. The number of amides is 1. The van der Waals surface area contributed by atoms with Crippen molar-refractivity contribution in [3.05, 3.63) is 53.6 Å². The van der Waals surface area contributed by atoms with E-state index in [2.05, 4.69) is 14.8 Å². The monoisotopic (exact) mass is 414 g/mol. The Labute approximate surface area is 161 Å². The Hall–Kier alpha value is -2.88. The third kappa shape index (κ3) is 6.38. The van der Waals surface area contributed by atoms with E-state index in [1.807, 2.05) is 0 Å². The number of ether oxygens (including phenoxy) is 2. The Bertz CT molecular complexity index is 935. The van der Waals surface area contributed by atoms with Crippen LogP contribution in [0.1, 0.15) is 15.9 Å². The van der Waals surface area contributed by atoms with E-state index in [9.17, 15) is 22.0 Å². The number of sulfonamides is 1. The second-order valence-corrected chi connectivity index (χ2v) is 7.54. The first-order chi connectivity index (χ1) is 13.2. The first-order valence-electron chi connectivity index (χ1n) is 8.16. The Morgan fingerprint density at radius 3 is 2.50 bits per heavy atom. The average molecular weight is 414 g/mol. The molecule has 0 aliphatic carbocycles. The van der Waals surface area contributed by atoms with Gasteiger partial charge in [0, 0.05) is 6.54 Å². The van der Waals surface area contributed by atoms with E-state index in [4.69, 9.17) is 4.74 Å². The molecule has 2 rings (SSSR count). The standard InChI is InChI=1S/C18H20F2N2O5S/c1-26-15-8-7-12(11-16(15)27-18(19)20)9-10-21-17(23)13-5-3-4-6-14(13)22-28(2,24)25/h3-8,11,18,22H,9-10H2,1-2H3,(H,21,23). The maximum Gasteiger partial charge on any atom is 0.387 e. The fourth-order valence-corrected chi connectivity index (χ4v) is 3.03. The predicted molar refractivity (Wildman–Crippen MR) is 101 cm³/mol. The molecule has 0 spiro atoms. The number of anilines is 1. The van der Waals surface area contributed by atoms with Gasteiger partial charge in [-0.15, -0.1) is 0 Å². The third-order valence-corrected chi connectivity index (χ3v) is 4.20. The summed E-state index contributed by atoms with van der Waals surface area (Å²) in [6.07, 6.45) is 1.33. The normalized spacial score (nSPS) is 11.2. The van der Waals surface area contributed by atoms with Crippen molar-refractivity contribution in [1.29, 1.82) is 0 Å². The zero-order valence-electron chi connectivity index (χ0n) is 15.2. The highest BCUT2D eigenvalue weighted by Gasteiger charge is 2.14. The highest BCUT2D eigenvalue weighted by molar-refractivity contribution is 7.92. The van der Waals surface area contributed by atoms with Gasteiger partial charge >= 0.3 is 6.61 Å². The topological polar surface area (TPSA) is 93.7 Å². The predicted octanol–water partition coefficient (Wildman–Crippen LogP) is 2.64. The molecule has 7 nitrogen and oxygen atoms in total. The van der Waals surface area contributed by atoms with Gasteiger partial charge in [0.2, 0.25) is 10.0 Å². The van der Waals surface area contributed by atoms with Crippen LogP contribution in [0.4, 0.5) is 14.5 Å². The lowest BCUT2D eigenvalue weighted by atomic mass is 10.1. The van der Waals surface area contributed by atoms with Gasteiger partial charge < -0.3 is 14.8 Å². The molecular weight excluding hydrogens is 394 g/mol. The number of carbonyl (C=O) groups excluding carboxylic acids is 1. The van der Waals surface area contributed by atoms with Crippen LogP contribution >= 0.6 is 0 Å². The molecule has 0 aliphatic heterocycles. The third-order valence-electron chi connectivity index (χ3n) is 3.61. The van der Waals surface area contributed by atoms with Crippen molar-refractivity contribution in [3.8, 4) is 11.5 Å². The molecule has 2 aromatic rings. The summed E-state index contributed by atoms with van der Waals surface area (Å²) in [7, 11) is -2.19. The number of alkyl halides is 2. The van der Waals surface area contributed by atoms with Crippen LogP contribution in [0.25, 0.3) is 0 Å².